The van der Waals surface area contributed by atoms with E-state index in [1.807, 2.05) is 13.0 Å². The number of amides is 1. The molecule has 12 atom stereocenters. The predicted molar refractivity (Wildman–Crippen MR) is 166 cm³/mol. The smallest absolute Gasteiger partial charge is 0.220 e. The maximum atomic E-state index is 12.6. The number of allylic oxidation sites excluding steroid dienone is 3. The highest BCUT2D eigenvalue weighted by Crippen LogP contribution is 2.29. The summed E-state index contributed by atoms with van der Waals surface area (Å²) in [5.41, 5.74) is 0. The molecule has 0 aromatic rings. The molecule has 2 rings (SSSR count). The number of unbranched alkanes of at least 4 members (excludes halogenated alkanes) is 6. The van der Waals surface area contributed by atoms with Gasteiger partial charge in [-0.1, -0.05) is 63.8 Å². The lowest BCUT2D eigenvalue weighted by atomic mass is 9.97. The fraction of sp³-hybridized carbons (Fsp3) is 0.844. The van der Waals surface area contributed by atoms with Crippen molar-refractivity contribution in [3.63, 3.8) is 0 Å². The number of hydrogen-bond donors (Lipinski definition) is 9. The molecule has 0 aromatic carbocycles. The molecule has 2 aliphatic rings. The molecule has 0 saturated carbocycles. The van der Waals surface area contributed by atoms with Crippen molar-refractivity contribution in [1.82, 2.24) is 5.32 Å². The molecular weight excluding hydrogens is 606 g/mol. The number of carbonyl (C=O) groups is 1. The van der Waals surface area contributed by atoms with E-state index in [-0.39, 0.29) is 18.9 Å². The Morgan fingerprint density at radius 2 is 1.37 bits per heavy atom. The van der Waals surface area contributed by atoms with Crippen molar-refractivity contribution in [2.45, 2.75) is 152 Å². The second kappa shape index (κ2) is 22.2. The first-order chi connectivity index (χ1) is 22.1. The van der Waals surface area contributed by atoms with Crippen molar-refractivity contribution in [3.8, 4) is 0 Å². The molecule has 2 fully saturated rings. The fourth-order valence-electron chi connectivity index (χ4n) is 5.24. The maximum Gasteiger partial charge on any atom is 0.220 e. The van der Waals surface area contributed by atoms with Gasteiger partial charge in [0.1, 0.15) is 48.8 Å². The summed E-state index contributed by atoms with van der Waals surface area (Å²) in [6.45, 7) is 2.44. The van der Waals surface area contributed by atoms with Gasteiger partial charge in [-0.25, -0.2) is 0 Å². The van der Waals surface area contributed by atoms with Gasteiger partial charge in [-0.05, 0) is 32.1 Å². The third-order valence-electron chi connectivity index (χ3n) is 8.14. The van der Waals surface area contributed by atoms with Crippen LogP contribution in [0.25, 0.3) is 0 Å². The average Bonchev–Trinajstić information content (AvgIpc) is 3.05. The quantitative estimate of drug-likeness (QED) is 0.0560. The van der Waals surface area contributed by atoms with E-state index in [4.69, 9.17) is 18.9 Å². The first-order valence-corrected chi connectivity index (χ1v) is 16.6. The van der Waals surface area contributed by atoms with Gasteiger partial charge in [-0.3, -0.25) is 4.79 Å². The lowest BCUT2D eigenvalue weighted by Gasteiger charge is -2.46. The molecule has 12 unspecified atom stereocenters. The second-order valence-corrected chi connectivity index (χ2v) is 11.9. The molecule has 9 N–H and O–H groups in total. The van der Waals surface area contributed by atoms with Gasteiger partial charge in [0.25, 0.3) is 0 Å². The Morgan fingerprint density at radius 1 is 0.761 bits per heavy atom. The fourth-order valence-corrected chi connectivity index (χ4v) is 5.24. The summed E-state index contributed by atoms with van der Waals surface area (Å²) in [7, 11) is 0. The maximum absolute atomic E-state index is 12.6. The first kappa shape index (κ1) is 40.6. The van der Waals surface area contributed by atoms with Crippen molar-refractivity contribution >= 4 is 5.91 Å². The Kier molecular flexibility index (Phi) is 19.6. The summed E-state index contributed by atoms with van der Waals surface area (Å²) in [6, 6.07) is -0.918. The van der Waals surface area contributed by atoms with E-state index in [9.17, 15) is 45.6 Å². The lowest BCUT2D eigenvalue weighted by molar-refractivity contribution is -0.359. The van der Waals surface area contributed by atoms with Crippen LogP contribution in [0.15, 0.2) is 24.3 Å². The SMILES string of the molecule is CCCCC/C=C/CC/C=C/C(O)C(COC1OC(CO)C(OC2OC(CO)C(O)C(O)C2O)C(O)C1O)NC(=O)CCCCC. The van der Waals surface area contributed by atoms with Gasteiger partial charge < -0.3 is 65.1 Å². The highest BCUT2D eigenvalue weighted by atomic mass is 16.7. The predicted octanol–water partition coefficient (Wildman–Crippen LogP) is -0.474. The van der Waals surface area contributed by atoms with E-state index in [2.05, 4.69) is 24.4 Å². The highest BCUT2D eigenvalue weighted by molar-refractivity contribution is 5.76. The Bertz CT molecular complexity index is 888. The average molecular weight is 664 g/mol. The summed E-state index contributed by atoms with van der Waals surface area (Å²) in [5.74, 6) is -0.282. The van der Waals surface area contributed by atoms with Gasteiger partial charge >= 0.3 is 0 Å². The van der Waals surface area contributed by atoms with Gasteiger partial charge in [-0.15, -0.1) is 0 Å². The van der Waals surface area contributed by atoms with E-state index in [1.54, 1.807) is 6.08 Å². The third kappa shape index (κ3) is 12.8. The van der Waals surface area contributed by atoms with E-state index < -0.39 is 86.8 Å². The summed E-state index contributed by atoms with van der Waals surface area (Å²) in [5, 5.41) is 85.1. The van der Waals surface area contributed by atoms with Crippen LogP contribution >= 0.6 is 0 Å². The molecule has 0 bridgehead atoms. The third-order valence-corrected chi connectivity index (χ3v) is 8.14. The van der Waals surface area contributed by atoms with E-state index >= 15 is 0 Å². The van der Waals surface area contributed by atoms with Crippen molar-refractivity contribution in [1.29, 1.82) is 0 Å². The molecule has 2 heterocycles. The minimum absolute atomic E-state index is 0.258. The number of carbonyl (C=O) groups excluding carboxylic acids is 1. The number of aliphatic hydroxyl groups excluding tert-OH is 8. The molecule has 0 aliphatic carbocycles. The summed E-state index contributed by atoms with van der Waals surface area (Å²) >= 11 is 0. The molecule has 0 radical (unpaired) electrons. The van der Waals surface area contributed by atoms with Crippen LogP contribution in [-0.2, 0) is 23.7 Å². The summed E-state index contributed by atoms with van der Waals surface area (Å²) < 4.78 is 22.3. The molecule has 2 saturated heterocycles. The molecule has 46 heavy (non-hydrogen) atoms. The second-order valence-electron chi connectivity index (χ2n) is 11.9. The van der Waals surface area contributed by atoms with Crippen LogP contribution in [-0.4, -0.2) is 140 Å². The largest absolute Gasteiger partial charge is 0.394 e. The Hall–Kier alpha value is -1.53. The molecule has 2 aliphatic heterocycles. The van der Waals surface area contributed by atoms with Crippen LogP contribution in [0, 0.1) is 0 Å². The van der Waals surface area contributed by atoms with Gasteiger partial charge in [0.2, 0.25) is 5.91 Å². The Balaban J connectivity index is 2.03. The number of hydrogen-bond acceptors (Lipinski definition) is 13. The standard InChI is InChI=1S/C32H57NO13/c1-3-5-7-8-9-10-11-12-14-15-21(36)20(33-24(37)16-13-6-4-2)19-43-31-29(42)27(40)30(23(18-35)45-31)46-32-28(41)26(39)25(38)22(17-34)44-32/h9-10,14-15,20-23,25-32,34-36,38-42H,3-8,11-13,16-19H2,1-2H3,(H,33,37)/b10-9+,15-14+. The Labute approximate surface area is 271 Å². The Morgan fingerprint density at radius 3 is 2.04 bits per heavy atom. The monoisotopic (exact) mass is 663 g/mol. The van der Waals surface area contributed by atoms with Crippen LogP contribution in [0.4, 0.5) is 0 Å². The molecule has 0 aromatic heterocycles. The summed E-state index contributed by atoms with van der Waals surface area (Å²) in [4.78, 5) is 12.6. The zero-order valence-electron chi connectivity index (χ0n) is 27.0. The van der Waals surface area contributed by atoms with Crippen molar-refractivity contribution in [2.24, 2.45) is 0 Å². The van der Waals surface area contributed by atoms with E-state index in [1.165, 1.54) is 12.8 Å². The van der Waals surface area contributed by atoms with Crippen LogP contribution in [0.2, 0.25) is 0 Å². The molecule has 268 valence electrons. The number of ether oxygens (including phenoxy) is 4. The van der Waals surface area contributed by atoms with E-state index in [0.29, 0.717) is 12.8 Å². The molecule has 14 heteroatoms. The van der Waals surface area contributed by atoms with Crippen LogP contribution in [0.5, 0.6) is 0 Å². The number of rotatable bonds is 21. The minimum atomic E-state index is -1.78. The molecule has 1 amide bonds. The van der Waals surface area contributed by atoms with Gasteiger partial charge in [0.15, 0.2) is 12.6 Å². The van der Waals surface area contributed by atoms with Gasteiger partial charge in [-0.2, -0.15) is 0 Å². The first-order valence-electron chi connectivity index (χ1n) is 16.6. The van der Waals surface area contributed by atoms with Crippen molar-refractivity contribution < 1.29 is 64.6 Å². The summed E-state index contributed by atoms with van der Waals surface area (Å²) in [6.07, 6.45) is -0.583. The van der Waals surface area contributed by atoms with Gasteiger partial charge in [0, 0.05) is 6.42 Å². The molecule has 14 nitrogen and oxygen atoms in total. The van der Waals surface area contributed by atoms with Gasteiger partial charge in [0.05, 0.1) is 32.0 Å². The van der Waals surface area contributed by atoms with E-state index in [0.717, 1.165) is 32.1 Å². The highest BCUT2D eigenvalue weighted by Gasteiger charge is 2.50. The number of aliphatic hydroxyl groups is 8. The zero-order chi connectivity index (χ0) is 34.1. The molecule has 0 spiro atoms. The lowest BCUT2D eigenvalue weighted by Crippen LogP contribution is -2.65. The van der Waals surface area contributed by atoms with Crippen molar-refractivity contribution in [3.05, 3.63) is 24.3 Å². The van der Waals surface area contributed by atoms with Crippen LogP contribution in [0.1, 0.15) is 78.1 Å². The zero-order valence-corrected chi connectivity index (χ0v) is 27.0. The topological polar surface area (TPSA) is 228 Å². The van der Waals surface area contributed by atoms with Crippen LogP contribution < -0.4 is 5.32 Å². The van der Waals surface area contributed by atoms with Crippen molar-refractivity contribution in [2.75, 3.05) is 19.8 Å². The van der Waals surface area contributed by atoms with Crippen LogP contribution in [0.3, 0.4) is 0 Å². The number of nitrogens with one attached hydrogen (secondary N) is 1. The minimum Gasteiger partial charge on any atom is -0.394 e. The molecular formula is C32H57NO13. The normalized spacial score (nSPS) is 33.4.